The van der Waals surface area contributed by atoms with Crippen molar-refractivity contribution in [2.45, 2.75) is 6.42 Å². The molecular weight excluding hydrogens is 310 g/mol. The molecule has 2 aromatic carbocycles. The number of fused-ring (bicyclic) bond motifs is 1. The molecule has 1 aliphatic rings. The minimum Gasteiger partial charge on any atom is -0.502 e. The quantitative estimate of drug-likeness (QED) is 0.681. The van der Waals surface area contributed by atoms with Crippen LogP contribution in [0.3, 0.4) is 0 Å². The fraction of sp³-hybridized carbons (Fsp3) is 0.133. The van der Waals surface area contributed by atoms with E-state index >= 15 is 0 Å². The van der Waals surface area contributed by atoms with Crippen molar-refractivity contribution in [2.75, 3.05) is 11.4 Å². The number of aromatic hydroxyl groups is 1. The molecule has 0 spiro atoms. The van der Waals surface area contributed by atoms with E-state index in [1.165, 1.54) is 11.0 Å². The summed E-state index contributed by atoms with van der Waals surface area (Å²) in [6.45, 7) is 0.159. The van der Waals surface area contributed by atoms with E-state index < -0.39 is 33.9 Å². The molecule has 0 unspecified atom stereocenters. The molecule has 1 aliphatic heterocycles. The van der Waals surface area contributed by atoms with Crippen LogP contribution in [0.4, 0.5) is 20.2 Å². The summed E-state index contributed by atoms with van der Waals surface area (Å²) in [4.78, 5) is 23.5. The van der Waals surface area contributed by atoms with Gasteiger partial charge in [0.25, 0.3) is 5.91 Å². The highest BCUT2D eigenvalue weighted by molar-refractivity contribution is 6.07. The van der Waals surface area contributed by atoms with E-state index in [9.17, 15) is 28.8 Å². The first-order chi connectivity index (χ1) is 10.9. The van der Waals surface area contributed by atoms with Gasteiger partial charge in [-0.25, -0.2) is 8.78 Å². The Labute approximate surface area is 128 Å². The monoisotopic (exact) mass is 320 g/mol. The highest BCUT2D eigenvalue weighted by Crippen LogP contribution is 2.33. The second-order valence-electron chi connectivity index (χ2n) is 5.05. The summed E-state index contributed by atoms with van der Waals surface area (Å²) in [6.07, 6.45) is 0.242. The van der Waals surface area contributed by atoms with Crippen LogP contribution in [0.15, 0.2) is 30.3 Å². The first-order valence-corrected chi connectivity index (χ1v) is 6.65. The number of nitrogens with zero attached hydrogens (tertiary/aromatic N) is 2. The standard InChI is InChI=1S/C15H10F2N2O4/c16-9-6-11(17)10-3-4-18(13(10)7-9)15(21)8-1-2-12(19(22)23)14(20)5-8/h1-2,5-7,20H,3-4H2. The largest absolute Gasteiger partial charge is 0.502 e. The van der Waals surface area contributed by atoms with Crippen LogP contribution in [0.2, 0.25) is 0 Å². The van der Waals surface area contributed by atoms with Gasteiger partial charge in [-0.2, -0.15) is 0 Å². The number of anilines is 1. The highest BCUT2D eigenvalue weighted by Gasteiger charge is 2.29. The van der Waals surface area contributed by atoms with Crippen molar-refractivity contribution in [1.29, 1.82) is 0 Å². The number of nitro benzene ring substituents is 1. The van der Waals surface area contributed by atoms with Gasteiger partial charge in [-0.3, -0.25) is 14.9 Å². The Morgan fingerprint density at radius 2 is 2.00 bits per heavy atom. The molecule has 118 valence electrons. The van der Waals surface area contributed by atoms with Crippen LogP contribution in [0.5, 0.6) is 5.75 Å². The number of nitro groups is 1. The van der Waals surface area contributed by atoms with Crippen molar-refractivity contribution < 1.29 is 23.6 Å². The van der Waals surface area contributed by atoms with Gasteiger partial charge in [0.05, 0.1) is 10.6 Å². The minimum atomic E-state index is -0.799. The van der Waals surface area contributed by atoms with E-state index in [0.29, 0.717) is 0 Å². The number of rotatable bonds is 2. The molecule has 1 heterocycles. The fourth-order valence-corrected chi connectivity index (χ4v) is 2.60. The number of amides is 1. The Hall–Kier alpha value is -3.03. The third kappa shape index (κ3) is 2.48. The van der Waals surface area contributed by atoms with Gasteiger partial charge in [0, 0.05) is 29.8 Å². The number of halogens is 2. The van der Waals surface area contributed by atoms with Crippen molar-refractivity contribution in [3.63, 3.8) is 0 Å². The number of hydrogen-bond donors (Lipinski definition) is 1. The van der Waals surface area contributed by atoms with E-state index in [1.807, 2.05) is 0 Å². The summed E-state index contributed by atoms with van der Waals surface area (Å²) in [5.74, 6) is -2.76. The van der Waals surface area contributed by atoms with Crippen LogP contribution >= 0.6 is 0 Å². The molecule has 23 heavy (non-hydrogen) atoms. The molecule has 3 rings (SSSR count). The molecule has 0 atom stereocenters. The van der Waals surface area contributed by atoms with Crippen molar-refractivity contribution in [2.24, 2.45) is 0 Å². The first-order valence-electron chi connectivity index (χ1n) is 6.65. The molecule has 1 amide bonds. The zero-order valence-electron chi connectivity index (χ0n) is 11.6. The lowest BCUT2D eigenvalue weighted by molar-refractivity contribution is -0.385. The number of hydrogen-bond acceptors (Lipinski definition) is 4. The number of benzene rings is 2. The third-order valence-electron chi connectivity index (χ3n) is 3.68. The average Bonchev–Trinajstić information content (AvgIpc) is 2.89. The first kappa shape index (κ1) is 14.9. The molecule has 0 saturated carbocycles. The van der Waals surface area contributed by atoms with Gasteiger partial charge in [-0.05, 0) is 24.6 Å². The Balaban J connectivity index is 1.98. The van der Waals surface area contributed by atoms with Gasteiger partial charge in [-0.1, -0.05) is 0 Å². The second-order valence-corrected chi connectivity index (χ2v) is 5.05. The minimum absolute atomic E-state index is 0.00869. The summed E-state index contributed by atoms with van der Waals surface area (Å²) in [7, 11) is 0. The molecule has 1 N–H and O–H groups in total. The van der Waals surface area contributed by atoms with E-state index in [0.717, 1.165) is 24.3 Å². The Kier molecular flexibility index (Phi) is 3.44. The number of phenolic OH excluding ortho intramolecular Hbond substituents is 1. The fourth-order valence-electron chi connectivity index (χ4n) is 2.60. The van der Waals surface area contributed by atoms with E-state index in [2.05, 4.69) is 0 Å². The molecule has 0 saturated heterocycles. The zero-order chi connectivity index (χ0) is 16.7. The summed E-state index contributed by atoms with van der Waals surface area (Å²) in [5.41, 5.74) is -0.165. The summed E-state index contributed by atoms with van der Waals surface area (Å²) >= 11 is 0. The Morgan fingerprint density at radius 3 is 2.65 bits per heavy atom. The molecule has 0 aliphatic carbocycles. The van der Waals surface area contributed by atoms with Gasteiger partial charge in [0.1, 0.15) is 11.6 Å². The molecular formula is C15H10F2N2O4. The van der Waals surface area contributed by atoms with Gasteiger partial charge in [0.15, 0.2) is 5.75 Å². The number of carbonyl (C=O) groups is 1. The molecule has 0 bridgehead atoms. The van der Waals surface area contributed by atoms with Crippen LogP contribution in [-0.2, 0) is 6.42 Å². The van der Waals surface area contributed by atoms with Crippen molar-refractivity contribution >= 4 is 17.3 Å². The SMILES string of the molecule is O=C(c1ccc([N+](=O)[O-])c(O)c1)N1CCc2c(F)cc(F)cc21. The van der Waals surface area contributed by atoms with Crippen LogP contribution in [0.25, 0.3) is 0 Å². The lowest BCUT2D eigenvalue weighted by Gasteiger charge is -2.17. The molecule has 2 aromatic rings. The van der Waals surface area contributed by atoms with Crippen LogP contribution in [0.1, 0.15) is 15.9 Å². The van der Waals surface area contributed by atoms with Crippen LogP contribution in [0, 0.1) is 21.7 Å². The summed E-state index contributed by atoms with van der Waals surface area (Å²) < 4.78 is 27.1. The highest BCUT2D eigenvalue weighted by atomic mass is 19.1. The lowest BCUT2D eigenvalue weighted by Crippen LogP contribution is -2.28. The second kappa shape index (κ2) is 5.31. The number of phenols is 1. The smallest absolute Gasteiger partial charge is 0.310 e. The van der Waals surface area contributed by atoms with Crippen LogP contribution in [-0.4, -0.2) is 22.5 Å². The van der Waals surface area contributed by atoms with Crippen molar-refractivity contribution in [3.8, 4) is 5.75 Å². The summed E-state index contributed by atoms with van der Waals surface area (Å²) in [6, 6.07) is 4.98. The van der Waals surface area contributed by atoms with E-state index in [-0.39, 0.29) is 29.8 Å². The van der Waals surface area contributed by atoms with Gasteiger partial charge >= 0.3 is 5.69 Å². The molecule has 0 radical (unpaired) electrons. The predicted molar refractivity (Wildman–Crippen MR) is 76.5 cm³/mol. The van der Waals surface area contributed by atoms with Crippen molar-refractivity contribution in [3.05, 3.63) is 63.2 Å². The lowest BCUT2D eigenvalue weighted by atomic mass is 10.1. The molecule has 6 nitrogen and oxygen atoms in total. The van der Waals surface area contributed by atoms with Crippen LogP contribution < -0.4 is 4.90 Å². The predicted octanol–water partition coefficient (Wildman–Crippen LogP) is 2.78. The average molecular weight is 320 g/mol. The summed E-state index contributed by atoms with van der Waals surface area (Å²) in [5, 5.41) is 20.3. The van der Waals surface area contributed by atoms with E-state index in [1.54, 1.807) is 0 Å². The topological polar surface area (TPSA) is 83.7 Å². The van der Waals surface area contributed by atoms with Gasteiger partial charge in [0.2, 0.25) is 0 Å². The maximum absolute atomic E-state index is 13.7. The molecule has 0 aromatic heterocycles. The van der Waals surface area contributed by atoms with Gasteiger partial charge < -0.3 is 10.0 Å². The maximum atomic E-state index is 13.7. The third-order valence-corrected chi connectivity index (χ3v) is 3.68. The van der Waals surface area contributed by atoms with Crippen molar-refractivity contribution in [1.82, 2.24) is 0 Å². The maximum Gasteiger partial charge on any atom is 0.310 e. The molecule has 8 heteroatoms. The van der Waals surface area contributed by atoms with Gasteiger partial charge in [-0.15, -0.1) is 0 Å². The number of carbonyl (C=O) groups excluding carboxylic acids is 1. The van der Waals surface area contributed by atoms with E-state index in [4.69, 9.17) is 0 Å². The normalized spacial score (nSPS) is 13.0. The Bertz CT molecular complexity index is 838. The molecule has 0 fully saturated rings. The Morgan fingerprint density at radius 1 is 1.26 bits per heavy atom. The zero-order valence-corrected chi connectivity index (χ0v) is 11.6.